The van der Waals surface area contributed by atoms with Gasteiger partial charge in [0.25, 0.3) is 0 Å². The quantitative estimate of drug-likeness (QED) is 0.437. The van der Waals surface area contributed by atoms with Crippen LogP contribution in [0.3, 0.4) is 0 Å². The van der Waals surface area contributed by atoms with E-state index in [-0.39, 0.29) is 11.7 Å². The summed E-state index contributed by atoms with van der Waals surface area (Å²) in [6, 6.07) is 25.3. The number of rotatable bonds is 8. The van der Waals surface area contributed by atoms with Gasteiger partial charge in [-0.05, 0) is 61.4 Å². The van der Waals surface area contributed by atoms with E-state index in [4.69, 9.17) is 9.47 Å². The van der Waals surface area contributed by atoms with Gasteiger partial charge in [0.1, 0.15) is 29.6 Å². The van der Waals surface area contributed by atoms with Crippen LogP contribution in [0.5, 0.6) is 17.2 Å². The van der Waals surface area contributed by atoms with Crippen LogP contribution in [0.4, 0.5) is 0 Å². The number of Topliss-reactive ketones (excluding diaryl/α,β-unsaturated/α-hetero) is 1. The van der Waals surface area contributed by atoms with Crippen LogP contribution in [-0.4, -0.2) is 5.78 Å². The highest BCUT2D eigenvalue weighted by Crippen LogP contribution is 2.24. The molecule has 0 aliphatic carbocycles. The van der Waals surface area contributed by atoms with Gasteiger partial charge in [0.05, 0.1) is 5.92 Å². The third-order valence-corrected chi connectivity index (χ3v) is 4.38. The molecule has 0 fully saturated rings. The van der Waals surface area contributed by atoms with Gasteiger partial charge in [0.2, 0.25) is 0 Å². The summed E-state index contributed by atoms with van der Waals surface area (Å²) in [6.45, 7) is 3.83. The van der Waals surface area contributed by atoms with Gasteiger partial charge in [0.15, 0.2) is 0 Å². The first-order valence-electron chi connectivity index (χ1n) is 9.60. The molecule has 0 bridgehead atoms. The molecule has 1 atom stereocenters. The van der Waals surface area contributed by atoms with Crippen LogP contribution < -0.4 is 9.47 Å². The molecule has 3 nitrogen and oxygen atoms in total. The van der Waals surface area contributed by atoms with E-state index >= 15 is 0 Å². The summed E-state index contributed by atoms with van der Waals surface area (Å²) in [7, 11) is 0. The van der Waals surface area contributed by atoms with Crippen molar-refractivity contribution in [3.63, 3.8) is 0 Å². The highest BCUT2D eigenvalue weighted by atomic mass is 16.5. The molecule has 0 radical (unpaired) electrons. The summed E-state index contributed by atoms with van der Waals surface area (Å²) in [4.78, 5) is 11.5. The molecule has 146 valence electrons. The van der Waals surface area contributed by atoms with Gasteiger partial charge in [-0.15, -0.1) is 5.92 Å². The van der Waals surface area contributed by atoms with Gasteiger partial charge in [-0.1, -0.05) is 48.4 Å². The fourth-order valence-electron chi connectivity index (χ4n) is 3.00. The maximum atomic E-state index is 11.5. The molecule has 0 aliphatic rings. The Morgan fingerprint density at radius 3 is 2.31 bits per heavy atom. The molecule has 3 heteroatoms. The molecule has 0 amide bonds. The molecule has 0 aromatic heterocycles. The van der Waals surface area contributed by atoms with Gasteiger partial charge in [0, 0.05) is 6.42 Å². The zero-order chi connectivity index (χ0) is 20.5. The lowest BCUT2D eigenvalue weighted by Gasteiger charge is -2.12. The fourth-order valence-corrected chi connectivity index (χ4v) is 3.00. The second-order valence-electron chi connectivity index (χ2n) is 6.77. The van der Waals surface area contributed by atoms with Crippen LogP contribution in [0, 0.1) is 11.8 Å². The summed E-state index contributed by atoms with van der Waals surface area (Å²) in [5.41, 5.74) is 2.05. The highest BCUT2D eigenvalue weighted by molar-refractivity contribution is 5.77. The monoisotopic (exact) mass is 384 g/mol. The van der Waals surface area contributed by atoms with Crippen LogP contribution in [0.1, 0.15) is 37.3 Å². The van der Waals surface area contributed by atoms with E-state index in [0.717, 1.165) is 28.4 Å². The lowest BCUT2D eigenvalue weighted by molar-refractivity contribution is -0.117. The number of ketones is 1. The Bertz CT molecular complexity index is 995. The highest BCUT2D eigenvalue weighted by Gasteiger charge is 2.11. The number of carbonyl (C=O) groups excluding carboxylic acids is 1. The fraction of sp³-hybridized carbons (Fsp3) is 0.192. The molecule has 0 saturated heterocycles. The second kappa shape index (κ2) is 10.1. The van der Waals surface area contributed by atoms with E-state index < -0.39 is 0 Å². The molecular formula is C26H24O3. The Hall–Kier alpha value is -3.51. The van der Waals surface area contributed by atoms with Crippen molar-refractivity contribution in [3.8, 4) is 29.1 Å². The average molecular weight is 384 g/mol. The number of benzene rings is 3. The SMILES string of the molecule is CC#CC(CC(C)=O)c1ccc(OCc2cccc(Oc3ccccc3)c2)cc1. The molecule has 0 aliphatic heterocycles. The first-order chi connectivity index (χ1) is 14.1. The Morgan fingerprint density at radius 2 is 1.62 bits per heavy atom. The van der Waals surface area contributed by atoms with Gasteiger partial charge >= 0.3 is 0 Å². The third-order valence-electron chi connectivity index (χ3n) is 4.38. The van der Waals surface area contributed by atoms with E-state index in [1.165, 1.54) is 0 Å². The zero-order valence-corrected chi connectivity index (χ0v) is 16.7. The van der Waals surface area contributed by atoms with E-state index in [1.54, 1.807) is 13.8 Å². The van der Waals surface area contributed by atoms with Crippen molar-refractivity contribution < 1.29 is 14.3 Å². The van der Waals surface area contributed by atoms with Gasteiger partial charge in [-0.2, -0.15) is 0 Å². The van der Waals surface area contributed by atoms with E-state index in [9.17, 15) is 4.79 Å². The third kappa shape index (κ3) is 6.26. The molecule has 0 N–H and O–H groups in total. The standard InChI is InChI=1S/C26H24O3/c1-3-8-23(17-20(2)27)22-13-15-24(16-14-22)28-19-21-9-7-12-26(18-21)29-25-10-5-4-6-11-25/h4-7,9-16,18,23H,17,19H2,1-2H3. The molecular weight excluding hydrogens is 360 g/mol. The Balaban J connectivity index is 1.62. The van der Waals surface area contributed by atoms with Crippen molar-refractivity contribution in [1.82, 2.24) is 0 Å². The maximum absolute atomic E-state index is 11.5. The summed E-state index contributed by atoms with van der Waals surface area (Å²) in [6.07, 6.45) is 0.426. The molecule has 0 saturated carbocycles. The van der Waals surface area contributed by atoms with Crippen LogP contribution in [-0.2, 0) is 11.4 Å². The summed E-state index contributed by atoms with van der Waals surface area (Å²) < 4.78 is 11.8. The predicted molar refractivity (Wildman–Crippen MR) is 115 cm³/mol. The van der Waals surface area contributed by atoms with E-state index in [1.807, 2.05) is 78.9 Å². The van der Waals surface area contributed by atoms with Gasteiger partial charge in [-0.25, -0.2) is 0 Å². The van der Waals surface area contributed by atoms with Crippen molar-refractivity contribution in [2.24, 2.45) is 0 Å². The molecule has 3 aromatic rings. The first-order valence-corrected chi connectivity index (χ1v) is 9.60. The van der Waals surface area contributed by atoms with Crippen LogP contribution in [0.15, 0.2) is 78.9 Å². The lowest BCUT2D eigenvalue weighted by atomic mass is 9.94. The number of carbonyl (C=O) groups is 1. The minimum Gasteiger partial charge on any atom is -0.489 e. The minimum absolute atomic E-state index is 0.0710. The van der Waals surface area contributed by atoms with Crippen molar-refractivity contribution >= 4 is 5.78 Å². The Kier molecular flexibility index (Phi) is 7.08. The number of hydrogen-bond acceptors (Lipinski definition) is 3. The van der Waals surface area contributed by atoms with E-state index in [0.29, 0.717) is 13.0 Å². The average Bonchev–Trinajstić information content (AvgIpc) is 2.73. The largest absolute Gasteiger partial charge is 0.489 e. The van der Waals surface area contributed by atoms with Crippen LogP contribution >= 0.6 is 0 Å². The molecule has 1 unspecified atom stereocenters. The zero-order valence-electron chi connectivity index (χ0n) is 16.7. The van der Waals surface area contributed by atoms with Crippen molar-refractivity contribution in [2.75, 3.05) is 0 Å². The normalized spacial score (nSPS) is 11.1. The lowest BCUT2D eigenvalue weighted by Crippen LogP contribution is -2.02. The molecule has 0 spiro atoms. The maximum Gasteiger partial charge on any atom is 0.131 e. The van der Waals surface area contributed by atoms with Crippen molar-refractivity contribution in [3.05, 3.63) is 90.0 Å². The van der Waals surface area contributed by atoms with Gasteiger partial charge in [-0.3, -0.25) is 4.79 Å². The summed E-state index contributed by atoms with van der Waals surface area (Å²) in [5, 5.41) is 0. The molecule has 0 heterocycles. The number of ether oxygens (including phenoxy) is 2. The Labute approximate surface area is 172 Å². The molecule has 3 aromatic carbocycles. The number of hydrogen-bond donors (Lipinski definition) is 0. The number of para-hydroxylation sites is 1. The smallest absolute Gasteiger partial charge is 0.131 e. The second-order valence-corrected chi connectivity index (χ2v) is 6.77. The van der Waals surface area contributed by atoms with Crippen LogP contribution in [0.2, 0.25) is 0 Å². The first kappa shape index (κ1) is 20.2. The molecule has 3 rings (SSSR count). The van der Waals surface area contributed by atoms with Gasteiger partial charge < -0.3 is 9.47 Å². The van der Waals surface area contributed by atoms with Crippen molar-refractivity contribution in [1.29, 1.82) is 0 Å². The van der Waals surface area contributed by atoms with Crippen LogP contribution in [0.25, 0.3) is 0 Å². The van der Waals surface area contributed by atoms with E-state index in [2.05, 4.69) is 11.8 Å². The minimum atomic E-state index is -0.0710. The summed E-state index contributed by atoms with van der Waals surface area (Å²) in [5.74, 6) is 8.43. The Morgan fingerprint density at radius 1 is 0.897 bits per heavy atom. The van der Waals surface area contributed by atoms with Crippen molar-refractivity contribution in [2.45, 2.75) is 32.8 Å². The topological polar surface area (TPSA) is 35.5 Å². The summed E-state index contributed by atoms with van der Waals surface area (Å²) >= 11 is 0. The predicted octanol–water partition coefficient (Wildman–Crippen LogP) is 6.14. The molecule has 29 heavy (non-hydrogen) atoms.